The van der Waals surface area contributed by atoms with E-state index in [1.165, 1.54) is 6.21 Å². The molecule has 0 amide bonds. The first kappa shape index (κ1) is 7.79. The Morgan fingerprint density at radius 3 is 2.73 bits per heavy atom. The molecule has 0 radical (unpaired) electrons. The first-order chi connectivity index (χ1) is 5.27. The SMILES string of the molecule is COc1ccc(C)cc1C=N. The number of rotatable bonds is 2. The zero-order valence-corrected chi connectivity index (χ0v) is 6.72. The van der Waals surface area contributed by atoms with Crippen molar-refractivity contribution in [3.63, 3.8) is 0 Å². The molecule has 2 heteroatoms. The Labute approximate surface area is 66.3 Å². The summed E-state index contributed by atoms with van der Waals surface area (Å²) < 4.78 is 5.04. The summed E-state index contributed by atoms with van der Waals surface area (Å²) in [7, 11) is 1.61. The molecule has 0 unspecified atom stereocenters. The third-order valence-corrected chi connectivity index (χ3v) is 1.54. The summed E-state index contributed by atoms with van der Waals surface area (Å²) >= 11 is 0. The Hall–Kier alpha value is -1.31. The van der Waals surface area contributed by atoms with Crippen molar-refractivity contribution < 1.29 is 4.74 Å². The van der Waals surface area contributed by atoms with Gasteiger partial charge in [0.1, 0.15) is 5.75 Å². The molecule has 1 N–H and O–H groups in total. The van der Waals surface area contributed by atoms with Gasteiger partial charge < -0.3 is 10.1 Å². The number of benzene rings is 1. The summed E-state index contributed by atoms with van der Waals surface area (Å²) in [5.74, 6) is 0.755. The minimum atomic E-state index is 0.755. The fraction of sp³-hybridized carbons (Fsp3) is 0.222. The number of ether oxygens (including phenoxy) is 1. The predicted octanol–water partition coefficient (Wildman–Crippen LogP) is 2.00. The van der Waals surface area contributed by atoms with Crippen LogP contribution in [-0.4, -0.2) is 13.3 Å². The zero-order valence-electron chi connectivity index (χ0n) is 6.72. The molecular formula is C9H11NO. The minimum absolute atomic E-state index is 0.755. The summed E-state index contributed by atoms with van der Waals surface area (Å²) in [4.78, 5) is 0. The number of hydrogen-bond acceptors (Lipinski definition) is 2. The average Bonchev–Trinajstić information content (AvgIpc) is 2.04. The van der Waals surface area contributed by atoms with E-state index in [1.54, 1.807) is 7.11 Å². The minimum Gasteiger partial charge on any atom is -0.496 e. The summed E-state index contributed by atoms with van der Waals surface area (Å²) in [5.41, 5.74) is 1.97. The highest BCUT2D eigenvalue weighted by Gasteiger charge is 1.97. The van der Waals surface area contributed by atoms with Crippen LogP contribution < -0.4 is 4.74 Å². The van der Waals surface area contributed by atoms with Crippen LogP contribution in [0.2, 0.25) is 0 Å². The summed E-state index contributed by atoms with van der Waals surface area (Å²) in [5, 5.41) is 7.08. The van der Waals surface area contributed by atoms with Gasteiger partial charge in [0.15, 0.2) is 0 Å². The molecule has 0 bridgehead atoms. The molecule has 0 heterocycles. The monoisotopic (exact) mass is 149 g/mol. The molecule has 0 aromatic heterocycles. The molecule has 11 heavy (non-hydrogen) atoms. The van der Waals surface area contributed by atoms with Crippen LogP contribution in [0.25, 0.3) is 0 Å². The van der Waals surface area contributed by atoms with Gasteiger partial charge in [0.25, 0.3) is 0 Å². The second-order valence-corrected chi connectivity index (χ2v) is 2.39. The topological polar surface area (TPSA) is 33.1 Å². The van der Waals surface area contributed by atoms with E-state index in [1.807, 2.05) is 25.1 Å². The van der Waals surface area contributed by atoms with Crippen molar-refractivity contribution in [2.24, 2.45) is 0 Å². The van der Waals surface area contributed by atoms with Crippen LogP contribution in [0.5, 0.6) is 5.75 Å². The molecular weight excluding hydrogens is 138 g/mol. The maximum absolute atomic E-state index is 7.08. The Balaban J connectivity index is 3.16. The lowest BCUT2D eigenvalue weighted by atomic mass is 10.1. The summed E-state index contributed by atoms with van der Waals surface area (Å²) in [6, 6.07) is 5.76. The maximum atomic E-state index is 7.08. The van der Waals surface area contributed by atoms with E-state index in [-0.39, 0.29) is 0 Å². The van der Waals surface area contributed by atoms with E-state index in [2.05, 4.69) is 0 Å². The molecule has 0 saturated heterocycles. The van der Waals surface area contributed by atoms with Crippen LogP contribution in [0.1, 0.15) is 11.1 Å². The number of methoxy groups -OCH3 is 1. The second-order valence-electron chi connectivity index (χ2n) is 2.39. The van der Waals surface area contributed by atoms with E-state index in [9.17, 15) is 0 Å². The first-order valence-corrected chi connectivity index (χ1v) is 3.43. The Kier molecular flexibility index (Phi) is 2.26. The van der Waals surface area contributed by atoms with E-state index < -0.39 is 0 Å². The van der Waals surface area contributed by atoms with Crippen LogP contribution in [-0.2, 0) is 0 Å². The molecule has 1 rings (SSSR count). The van der Waals surface area contributed by atoms with Gasteiger partial charge in [-0.05, 0) is 19.1 Å². The van der Waals surface area contributed by atoms with Crippen molar-refractivity contribution >= 4 is 6.21 Å². The quantitative estimate of drug-likeness (QED) is 0.641. The zero-order chi connectivity index (χ0) is 8.27. The molecule has 1 aromatic rings. The van der Waals surface area contributed by atoms with Gasteiger partial charge in [-0.15, -0.1) is 0 Å². The van der Waals surface area contributed by atoms with Crippen molar-refractivity contribution in [2.75, 3.05) is 7.11 Å². The second kappa shape index (κ2) is 3.19. The van der Waals surface area contributed by atoms with Crippen LogP contribution in [0.4, 0.5) is 0 Å². The average molecular weight is 149 g/mol. The number of hydrogen-bond donors (Lipinski definition) is 1. The van der Waals surface area contributed by atoms with Crippen molar-refractivity contribution in [2.45, 2.75) is 6.92 Å². The Bertz CT molecular complexity index is 268. The van der Waals surface area contributed by atoms with Gasteiger partial charge in [-0.2, -0.15) is 0 Å². The highest BCUT2D eigenvalue weighted by atomic mass is 16.5. The van der Waals surface area contributed by atoms with Gasteiger partial charge in [-0.1, -0.05) is 11.6 Å². The van der Waals surface area contributed by atoms with Gasteiger partial charge in [0, 0.05) is 11.8 Å². The fourth-order valence-corrected chi connectivity index (χ4v) is 0.967. The molecule has 0 saturated carbocycles. The van der Waals surface area contributed by atoms with Gasteiger partial charge in [0.05, 0.1) is 7.11 Å². The van der Waals surface area contributed by atoms with Gasteiger partial charge >= 0.3 is 0 Å². The molecule has 1 aromatic carbocycles. The number of aryl methyl sites for hydroxylation is 1. The normalized spacial score (nSPS) is 9.27. The molecule has 58 valence electrons. The van der Waals surface area contributed by atoms with Crippen LogP contribution in [0.15, 0.2) is 18.2 Å². The van der Waals surface area contributed by atoms with Crippen molar-refractivity contribution in [1.82, 2.24) is 0 Å². The van der Waals surface area contributed by atoms with Crippen molar-refractivity contribution in [3.05, 3.63) is 29.3 Å². The van der Waals surface area contributed by atoms with E-state index in [0.717, 1.165) is 16.9 Å². The Morgan fingerprint density at radius 1 is 1.45 bits per heavy atom. The van der Waals surface area contributed by atoms with E-state index in [0.29, 0.717) is 0 Å². The third kappa shape index (κ3) is 1.58. The smallest absolute Gasteiger partial charge is 0.127 e. The molecule has 2 nitrogen and oxygen atoms in total. The third-order valence-electron chi connectivity index (χ3n) is 1.54. The lowest BCUT2D eigenvalue weighted by Gasteiger charge is -2.03. The summed E-state index contributed by atoms with van der Waals surface area (Å²) in [6.45, 7) is 1.99. The van der Waals surface area contributed by atoms with Crippen LogP contribution >= 0.6 is 0 Å². The van der Waals surface area contributed by atoms with Gasteiger partial charge in [-0.3, -0.25) is 0 Å². The van der Waals surface area contributed by atoms with Crippen molar-refractivity contribution in [1.29, 1.82) is 5.41 Å². The van der Waals surface area contributed by atoms with Gasteiger partial charge in [-0.25, -0.2) is 0 Å². The highest BCUT2D eigenvalue weighted by molar-refractivity contribution is 5.81. The fourth-order valence-electron chi connectivity index (χ4n) is 0.967. The van der Waals surface area contributed by atoms with E-state index >= 15 is 0 Å². The highest BCUT2D eigenvalue weighted by Crippen LogP contribution is 2.16. The first-order valence-electron chi connectivity index (χ1n) is 3.43. The molecule has 0 fully saturated rings. The van der Waals surface area contributed by atoms with Crippen LogP contribution in [0.3, 0.4) is 0 Å². The van der Waals surface area contributed by atoms with E-state index in [4.69, 9.17) is 10.1 Å². The molecule has 0 atom stereocenters. The lowest BCUT2D eigenvalue weighted by Crippen LogP contribution is -1.90. The Morgan fingerprint density at radius 2 is 2.18 bits per heavy atom. The van der Waals surface area contributed by atoms with Crippen molar-refractivity contribution in [3.8, 4) is 5.75 Å². The molecule has 0 aliphatic heterocycles. The van der Waals surface area contributed by atoms with Gasteiger partial charge in [0.2, 0.25) is 0 Å². The largest absolute Gasteiger partial charge is 0.496 e. The lowest BCUT2D eigenvalue weighted by molar-refractivity contribution is 0.414. The standard InChI is InChI=1S/C9H11NO/c1-7-3-4-9(11-2)8(5-7)6-10/h3-6,10H,1-2H3. The van der Waals surface area contributed by atoms with Crippen LogP contribution in [0, 0.1) is 12.3 Å². The molecule has 0 spiro atoms. The summed E-state index contributed by atoms with van der Waals surface area (Å²) in [6.07, 6.45) is 1.30. The molecule has 0 aliphatic carbocycles. The maximum Gasteiger partial charge on any atom is 0.127 e. The molecule has 0 aliphatic rings. The predicted molar refractivity (Wildman–Crippen MR) is 45.6 cm³/mol. The number of nitrogens with one attached hydrogen (secondary N) is 1.